The van der Waals surface area contributed by atoms with E-state index in [-0.39, 0.29) is 0 Å². The lowest BCUT2D eigenvalue weighted by atomic mass is 10.0. The molecule has 0 aromatic heterocycles. The summed E-state index contributed by atoms with van der Waals surface area (Å²) in [7, 11) is 0. The van der Waals surface area contributed by atoms with E-state index in [1.165, 1.54) is 0 Å². The number of rotatable bonds is 7. The second-order valence-electron chi connectivity index (χ2n) is 5.44. The molecule has 1 fully saturated rings. The fourth-order valence-corrected chi connectivity index (χ4v) is 2.61. The van der Waals surface area contributed by atoms with Gasteiger partial charge in [-0.2, -0.15) is 0 Å². The molecule has 1 saturated heterocycles. The van der Waals surface area contributed by atoms with Crippen molar-refractivity contribution in [2.24, 2.45) is 5.92 Å². The van der Waals surface area contributed by atoms with Crippen LogP contribution >= 0.6 is 0 Å². The van der Waals surface area contributed by atoms with Gasteiger partial charge in [-0.1, -0.05) is 31.5 Å². The monoisotopic (exact) mass is 275 g/mol. The zero-order chi connectivity index (χ0) is 14.2. The zero-order valence-corrected chi connectivity index (χ0v) is 12.3. The summed E-state index contributed by atoms with van der Waals surface area (Å²) < 4.78 is 0. The van der Waals surface area contributed by atoms with Crippen LogP contribution in [0.2, 0.25) is 0 Å². The van der Waals surface area contributed by atoms with Gasteiger partial charge in [-0.15, -0.1) is 0 Å². The van der Waals surface area contributed by atoms with Crippen LogP contribution in [0.15, 0.2) is 30.3 Å². The summed E-state index contributed by atoms with van der Waals surface area (Å²) in [6, 6.07) is 10.3. The number of hydrogen-bond acceptors (Lipinski definition) is 4. The Morgan fingerprint density at radius 2 is 1.90 bits per heavy atom. The molecule has 1 aromatic rings. The normalized spacial score (nSPS) is 18.6. The van der Waals surface area contributed by atoms with E-state index in [1.54, 1.807) is 0 Å². The van der Waals surface area contributed by atoms with Gasteiger partial charge in [0.2, 0.25) is 0 Å². The number of anilines is 1. The number of carbonyl (C=O) groups excluding carboxylic acids is 1. The third kappa shape index (κ3) is 4.62. The zero-order valence-electron chi connectivity index (χ0n) is 12.3. The molecule has 0 amide bonds. The maximum Gasteiger partial charge on any atom is 0.120 e. The van der Waals surface area contributed by atoms with Gasteiger partial charge in [-0.05, 0) is 18.1 Å². The van der Waals surface area contributed by atoms with E-state index in [0.717, 1.165) is 51.1 Å². The highest BCUT2D eigenvalue weighted by atomic mass is 16.1. The molecule has 20 heavy (non-hydrogen) atoms. The number of carbonyl (C=O) groups is 1. The SMILES string of the molecule is CCC(CC=O)CN1CCN(Nc2ccccc2)CC1. The second kappa shape index (κ2) is 8.02. The largest absolute Gasteiger partial charge is 0.319 e. The summed E-state index contributed by atoms with van der Waals surface area (Å²) >= 11 is 0. The lowest BCUT2D eigenvalue weighted by Crippen LogP contribution is -2.49. The van der Waals surface area contributed by atoms with E-state index in [9.17, 15) is 4.79 Å². The number of benzene rings is 1. The molecular formula is C16H25N3O. The molecule has 0 spiro atoms. The molecule has 2 rings (SSSR count). The van der Waals surface area contributed by atoms with Gasteiger partial charge in [0.1, 0.15) is 6.29 Å². The van der Waals surface area contributed by atoms with Crippen molar-refractivity contribution >= 4 is 12.0 Å². The molecule has 0 aliphatic carbocycles. The molecule has 1 aliphatic rings. The van der Waals surface area contributed by atoms with Gasteiger partial charge in [0.15, 0.2) is 0 Å². The standard InChI is InChI=1S/C16H25N3O/c1-2-15(8-13-20)14-18-9-11-19(12-10-18)17-16-6-4-3-5-7-16/h3-7,13,15,17H,2,8-12,14H2,1H3. The summed E-state index contributed by atoms with van der Waals surface area (Å²) in [5.41, 5.74) is 4.59. The lowest BCUT2D eigenvalue weighted by Gasteiger charge is -2.36. The predicted octanol–water partition coefficient (Wildman–Crippen LogP) is 2.25. The molecule has 1 aromatic carbocycles. The molecule has 1 heterocycles. The highest BCUT2D eigenvalue weighted by Crippen LogP contribution is 2.13. The van der Waals surface area contributed by atoms with Crippen molar-refractivity contribution in [1.29, 1.82) is 0 Å². The average Bonchev–Trinajstić information content (AvgIpc) is 2.50. The first-order chi connectivity index (χ1) is 9.81. The number of nitrogens with one attached hydrogen (secondary N) is 1. The minimum atomic E-state index is 0.515. The van der Waals surface area contributed by atoms with E-state index < -0.39 is 0 Å². The Bertz CT molecular complexity index is 388. The molecule has 0 radical (unpaired) electrons. The maximum absolute atomic E-state index is 10.6. The van der Waals surface area contributed by atoms with Crippen LogP contribution in [-0.4, -0.2) is 48.9 Å². The molecule has 1 unspecified atom stereocenters. The van der Waals surface area contributed by atoms with Crippen molar-refractivity contribution in [1.82, 2.24) is 9.91 Å². The molecule has 1 atom stereocenters. The van der Waals surface area contributed by atoms with Crippen molar-refractivity contribution in [3.8, 4) is 0 Å². The van der Waals surface area contributed by atoms with Gasteiger partial charge in [-0.25, -0.2) is 5.01 Å². The van der Waals surface area contributed by atoms with Crippen molar-refractivity contribution in [2.45, 2.75) is 19.8 Å². The summed E-state index contributed by atoms with van der Waals surface area (Å²) in [5, 5.41) is 2.27. The Balaban J connectivity index is 1.73. The molecule has 1 aliphatic heterocycles. The Kier molecular flexibility index (Phi) is 6.02. The number of piperazine rings is 1. The fourth-order valence-electron chi connectivity index (χ4n) is 2.61. The van der Waals surface area contributed by atoms with Crippen LogP contribution in [0.4, 0.5) is 5.69 Å². The lowest BCUT2D eigenvalue weighted by molar-refractivity contribution is -0.108. The molecule has 0 saturated carbocycles. The van der Waals surface area contributed by atoms with E-state index in [2.05, 4.69) is 34.4 Å². The quantitative estimate of drug-likeness (QED) is 0.774. The molecule has 4 nitrogen and oxygen atoms in total. The summed E-state index contributed by atoms with van der Waals surface area (Å²) in [6.07, 6.45) is 2.83. The maximum atomic E-state index is 10.6. The topological polar surface area (TPSA) is 35.6 Å². The third-order valence-electron chi connectivity index (χ3n) is 3.96. The van der Waals surface area contributed by atoms with Crippen LogP contribution in [0, 0.1) is 5.92 Å². The molecule has 1 N–H and O–H groups in total. The predicted molar refractivity (Wildman–Crippen MR) is 82.5 cm³/mol. The first-order valence-electron chi connectivity index (χ1n) is 7.54. The van der Waals surface area contributed by atoms with Crippen LogP contribution in [0.3, 0.4) is 0 Å². The van der Waals surface area contributed by atoms with Gasteiger partial charge in [0, 0.05) is 44.8 Å². The minimum Gasteiger partial charge on any atom is -0.319 e. The average molecular weight is 275 g/mol. The number of hydrazine groups is 1. The Hall–Kier alpha value is -1.39. The summed E-state index contributed by atoms with van der Waals surface area (Å²) in [6.45, 7) is 7.39. The third-order valence-corrected chi connectivity index (χ3v) is 3.96. The number of hydrogen-bond donors (Lipinski definition) is 1. The van der Waals surface area contributed by atoms with Crippen LogP contribution in [0.25, 0.3) is 0 Å². The first-order valence-corrected chi connectivity index (χ1v) is 7.54. The van der Waals surface area contributed by atoms with Gasteiger partial charge in [0.05, 0.1) is 0 Å². The van der Waals surface area contributed by atoms with E-state index in [4.69, 9.17) is 0 Å². The Morgan fingerprint density at radius 3 is 2.50 bits per heavy atom. The first kappa shape index (κ1) is 15.0. The van der Waals surface area contributed by atoms with Gasteiger partial charge in [0.25, 0.3) is 0 Å². The fraction of sp³-hybridized carbons (Fsp3) is 0.562. The summed E-state index contributed by atoms with van der Waals surface area (Å²) in [5.74, 6) is 0.515. The molecule has 0 bridgehead atoms. The van der Waals surface area contributed by atoms with Crippen LogP contribution in [0.5, 0.6) is 0 Å². The minimum absolute atomic E-state index is 0.515. The van der Waals surface area contributed by atoms with E-state index in [1.807, 2.05) is 18.2 Å². The number of para-hydroxylation sites is 1. The Labute approximate surface area is 121 Å². The summed E-state index contributed by atoms with van der Waals surface area (Å²) in [4.78, 5) is 13.1. The smallest absolute Gasteiger partial charge is 0.120 e. The highest BCUT2D eigenvalue weighted by molar-refractivity contribution is 5.49. The highest BCUT2D eigenvalue weighted by Gasteiger charge is 2.19. The van der Waals surface area contributed by atoms with Crippen molar-refractivity contribution in [2.75, 3.05) is 38.1 Å². The van der Waals surface area contributed by atoms with Crippen molar-refractivity contribution in [3.05, 3.63) is 30.3 Å². The number of nitrogens with zero attached hydrogens (tertiary/aromatic N) is 2. The van der Waals surface area contributed by atoms with Crippen molar-refractivity contribution in [3.63, 3.8) is 0 Å². The molecular weight excluding hydrogens is 250 g/mol. The number of aldehydes is 1. The van der Waals surface area contributed by atoms with Crippen molar-refractivity contribution < 1.29 is 4.79 Å². The van der Waals surface area contributed by atoms with Crippen LogP contribution in [0.1, 0.15) is 19.8 Å². The van der Waals surface area contributed by atoms with Gasteiger partial charge >= 0.3 is 0 Å². The van der Waals surface area contributed by atoms with E-state index >= 15 is 0 Å². The Morgan fingerprint density at radius 1 is 1.20 bits per heavy atom. The van der Waals surface area contributed by atoms with E-state index in [0.29, 0.717) is 12.3 Å². The van der Waals surface area contributed by atoms with Crippen LogP contribution in [-0.2, 0) is 4.79 Å². The molecule has 110 valence electrons. The molecule has 4 heteroatoms. The van der Waals surface area contributed by atoms with Gasteiger partial charge in [-0.3, -0.25) is 0 Å². The van der Waals surface area contributed by atoms with Crippen LogP contribution < -0.4 is 5.43 Å². The second-order valence-corrected chi connectivity index (χ2v) is 5.44. The van der Waals surface area contributed by atoms with Gasteiger partial charge < -0.3 is 15.1 Å².